The molecule has 2 aromatic rings. The number of nitrogens with zero attached hydrogens (tertiary/aromatic N) is 1. The van der Waals surface area contributed by atoms with Gasteiger partial charge in [-0.15, -0.1) is 0 Å². The molecule has 4 nitrogen and oxygen atoms in total. The largest absolute Gasteiger partial charge is 0.478 e. The van der Waals surface area contributed by atoms with Crippen molar-refractivity contribution in [2.45, 2.75) is 17.6 Å². The van der Waals surface area contributed by atoms with E-state index in [9.17, 15) is 9.00 Å². The standard InChI is InChI=1S/C14H13NO3S/c1-10-4-5-12(7-13(10)14(16)17)19(18)9-11-3-2-6-15-8-11/h2-8H,9H2,1H3,(H,16,17). The van der Waals surface area contributed by atoms with Crippen LogP contribution in [0.5, 0.6) is 0 Å². The van der Waals surface area contributed by atoms with Crippen molar-refractivity contribution < 1.29 is 14.1 Å². The smallest absolute Gasteiger partial charge is 0.335 e. The van der Waals surface area contributed by atoms with Gasteiger partial charge in [-0.25, -0.2) is 4.79 Å². The lowest BCUT2D eigenvalue weighted by Gasteiger charge is -2.06. The van der Waals surface area contributed by atoms with Crippen molar-refractivity contribution in [1.82, 2.24) is 4.98 Å². The number of hydrogen-bond acceptors (Lipinski definition) is 3. The van der Waals surface area contributed by atoms with Gasteiger partial charge in [0.05, 0.1) is 22.1 Å². The molecular weight excluding hydrogens is 262 g/mol. The highest BCUT2D eigenvalue weighted by molar-refractivity contribution is 7.84. The van der Waals surface area contributed by atoms with E-state index in [1.165, 1.54) is 6.07 Å². The molecule has 0 amide bonds. The predicted octanol–water partition coefficient (Wildman–Crippen LogP) is 2.40. The second-order valence-corrected chi connectivity index (χ2v) is 5.58. The maximum Gasteiger partial charge on any atom is 0.335 e. The van der Waals surface area contributed by atoms with E-state index in [1.807, 2.05) is 6.07 Å². The third kappa shape index (κ3) is 3.26. The Hall–Kier alpha value is -2.01. The van der Waals surface area contributed by atoms with Gasteiger partial charge in [0.25, 0.3) is 0 Å². The van der Waals surface area contributed by atoms with Crippen LogP contribution in [0.3, 0.4) is 0 Å². The number of aromatic nitrogens is 1. The van der Waals surface area contributed by atoms with Crippen molar-refractivity contribution in [2.75, 3.05) is 0 Å². The summed E-state index contributed by atoms with van der Waals surface area (Å²) < 4.78 is 12.2. The first kappa shape index (κ1) is 13.4. The average Bonchev–Trinajstić information content (AvgIpc) is 2.40. The fraction of sp³-hybridized carbons (Fsp3) is 0.143. The monoisotopic (exact) mass is 275 g/mol. The first-order valence-electron chi connectivity index (χ1n) is 5.69. The van der Waals surface area contributed by atoms with Gasteiger partial charge in [0.2, 0.25) is 0 Å². The lowest BCUT2D eigenvalue weighted by molar-refractivity contribution is 0.0696. The summed E-state index contributed by atoms with van der Waals surface area (Å²) in [6.07, 6.45) is 3.31. The number of benzene rings is 1. The third-order valence-corrected chi connectivity index (χ3v) is 4.10. The maximum atomic E-state index is 12.2. The Balaban J connectivity index is 2.25. The zero-order valence-electron chi connectivity index (χ0n) is 10.4. The minimum Gasteiger partial charge on any atom is -0.478 e. The number of carboxylic acids is 1. The minimum absolute atomic E-state index is 0.192. The van der Waals surface area contributed by atoms with Crippen LogP contribution in [0.1, 0.15) is 21.5 Å². The van der Waals surface area contributed by atoms with Gasteiger partial charge in [-0.3, -0.25) is 9.19 Å². The number of carboxylic acid groups (broad SMARTS) is 1. The fourth-order valence-corrected chi connectivity index (χ4v) is 2.80. The lowest BCUT2D eigenvalue weighted by atomic mass is 10.1. The summed E-state index contributed by atoms with van der Waals surface area (Å²) in [6, 6.07) is 8.49. The van der Waals surface area contributed by atoms with E-state index in [1.54, 1.807) is 37.5 Å². The maximum absolute atomic E-state index is 12.2. The van der Waals surface area contributed by atoms with E-state index < -0.39 is 16.8 Å². The van der Waals surface area contributed by atoms with Gasteiger partial charge >= 0.3 is 5.97 Å². The number of aryl methyl sites for hydroxylation is 1. The molecule has 98 valence electrons. The summed E-state index contributed by atoms with van der Waals surface area (Å²) in [5.41, 5.74) is 1.71. The van der Waals surface area contributed by atoms with E-state index in [-0.39, 0.29) is 5.56 Å². The van der Waals surface area contributed by atoms with Crippen LogP contribution in [-0.4, -0.2) is 20.3 Å². The van der Waals surface area contributed by atoms with Crippen LogP contribution in [0.4, 0.5) is 0 Å². The van der Waals surface area contributed by atoms with Crippen molar-refractivity contribution in [3.8, 4) is 0 Å². The van der Waals surface area contributed by atoms with Crippen LogP contribution in [0.25, 0.3) is 0 Å². The van der Waals surface area contributed by atoms with Crippen molar-refractivity contribution in [2.24, 2.45) is 0 Å². The molecule has 1 N–H and O–H groups in total. The first-order chi connectivity index (χ1) is 9.08. The second kappa shape index (κ2) is 5.75. The van der Waals surface area contributed by atoms with Crippen LogP contribution in [0, 0.1) is 6.92 Å². The van der Waals surface area contributed by atoms with Gasteiger partial charge in [-0.2, -0.15) is 0 Å². The third-order valence-electron chi connectivity index (χ3n) is 2.72. The first-order valence-corrected chi connectivity index (χ1v) is 7.01. The molecule has 19 heavy (non-hydrogen) atoms. The van der Waals surface area contributed by atoms with Gasteiger partial charge in [-0.05, 0) is 36.2 Å². The molecule has 0 aliphatic carbocycles. The summed E-state index contributed by atoms with van der Waals surface area (Å²) in [4.78, 5) is 15.5. The lowest BCUT2D eigenvalue weighted by Crippen LogP contribution is -2.03. The molecule has 0 radical (unpaired) electrons. The fourth-order valence-electron chi connectivity index (χ4n) is 1.69. The normalized spacial score (nSPS) is 12.1. The van der Waals surface area contributed by atoms with Crippen molar-refractivity contribution in [1.29, 1.82) is 0 Å². The topological polar surface area (TPSA) is 67.3 Å². The minimum atomic E-state index is -1.27. The van der Waals surface area contributed by atoms with Gasteiger partial charge < -0.3 is 5.11 Å². The molecule has 1 aromatic heterocycles. The van der Waals surface area contributed by atoms with E-state index in [2.05, 4.69) is 4.98 Å². The van der Waals surface area contributed by atoms with Gasteiger partial charge in [-0.1, -0.05) is 12.1 Å². The summed E-state index contributed by atoms with van der Waals surface area (Å²) in [7, 11) is -1.27. The average molecular weight is 275 g/mol. The Kier molecular flexibility index (Phi) is 4.06. The van der Waals surface area contributed by atoms with Gasteiger partial charge in [0.1, 0.15) is 0 Å². The molecule has 0 aliphatic heterocycles. The number of pyridine rings is 1. The van der Waals surface area contributed by atoms with Crippen LogP contribution in [0.15, 0.2) is 47.6 Å². The zero-order valence-corrected chi connectivity index (χ0v) is 11.2. The Bertz CT molecular complexity index is 626. The summed E-state index contributed by atoms with van der Waals surface area (Å²) in [5.74, 6) is -0.673. The highest BCUT2D eigenvalue weighted by Crippen LogP contribution is 2.17. The molecule has 2 rings (SSSR count). The number of hydrogen-bond donors (Lipinski definition) is 1. The zero-order chi connectivity index (χ0) is 13.8. The molecule has 0 saturated carbocycles. The molecule has 0 saturated heterocycles. The van der Waals surface area contributed by atoms with E-state index in [0.717, 1.165) is 5.56 Å². The Morgan fingerprint density at radius 3 is 2.79 bits per heavy atom. The van der Waals surface area contributed by atoms with Gasteiger partial charge in [0.15, 0.2) is 0 Å². The van der Waals surface area contributed by atoms with E-state index in [0.29, 0.717) is 16.2 Å². The quantitative estimate of drug-likeness (QED) is 0.930. The molecule has 0 fully saturated rings. The SMILES string of the molecule is Cc1ccc(S(=O)Cc2cccnc2)cc1C(=O)O. The Morgan fingerprint density at radius 2 is 2.16 bits per heavy atom. The molecule has 1 unspecified atom stereocenters. The molecular formula is C14H13NO3S. The van der Waals surface area contributed by atoms with Crippen LogP contribution >= 0.6 is 0 Å². The van der Waals surface area contributed by atoms with Crippen LogP contribution in [-0.2, 0) is 16.6 Å². The number of aromatic carboxylic acids is 1. The number of carbonyl (C=O) groups is 1. The second-order valence-electron chi connectivity index (χ2n) is 4.13. The molecule has 1 aromatic carbocycles. The number of rotatable bonds is 4. The van der Waals surface area contributed by atoms with Crippen molar-refractivity contribution >= 4 is 16.8 Å². The molecule has 0 aliphatic rings. The molecule has 0 spiro atoms. The Labute approximate surface area is 113 Å². The van der Waals surface area contributed by atoms with Gasteiger partial charge in [0, 0.05) is 17.3 Å². The highest BCUT2D eigenvalue weighted by Gasteiger charge is 2.11. The predicted molar refractivity (Wildman–Crippen MR) is 72.5 cm³/mol. The van der Waals surface area contributed by atoms with Crippen LogP contribution < -0.4 is 0 Å². The summed E-state index contributed by atoms with van der Waals surface area (Å²) in [5, 5.41) is 9.05. The van der Waals surface area contributed by atoms with E-state index in [4.69, 9.17) is 5.11 Å². The summed E-state index contributed by atoms with van der Waals surface area (Å²) >= 11 is 0. The highest BCUT2D eigenvalue weighted by atomic mass is 32.2. The Morgan fingerprint density at radius 1 is 1.37 bits per heavy atom. The van der Waals surface area contributed by atoms with Crippen molar-refractivity contribution in [3.05, 3.63) is 59.4 Å². The summed E-state index contributed by atoms with van der Waals surface area (Å²) in [6.45, 7) is 1.72. The molecule has 1 heterocycles. The van der Waals surface area contributed by atoms with Crippen LogP contribution in [0.2, 0.25) is 0 Å². The molecule has 5 heteroatoms. The van der Waals surface area contributed by atoms with E-state index >= 15 is 0 Å². The van der Waals surface area contributed by atoms with Crippen molar-refractivity contribution in [3.63, 3.8) is 0 Å². The molecule has 1 atom stereocenters. The molecule has 0 bridgehead atoms.